The van der Waals surface area contributed by atoms with E-state index in [0.29, 0.717) is 0 Å². The van der Waals surface area contributed by atoms with Crippen molar-refractivity contribution in [2.75, 3.05) is 6.54 Å². The number of aliphatic hydroxyl groups excluding tert-OH is 1. The number of nitrogens with two attached hydrogens (primary N) is 2. The molecule has 1 heterocycles. The highest BCUT2D eigenvalue weighted by molar-refractivity contribution is 5.82. The molecule has 1 aliphatic heterocycles. The molecule has 0 unspecified atom stereocenters. The molecule has 10 heavy (non-hydrogen) atoms. The maximum Gasteiger partial charge on any atom is 0.249 e. The van der Waals surface area contributed by atoms with Crippen molar-refractivity contribution in [1.82, 2.24) is 0 Å². The van der Waals surface area contributed by atoms with E-state index in [-0.39, 0.29) is 6.54 Å². The highest BCUT2D eigenvalue weighted by Crippen LogP contribution is 2.24. The molecule has 0 aromatic rings. The molecular formula is C5H10N2O3. The number of primary amides is 1. The Bertz CT molecular complexity index is 150. The molecule has 1 fully saturated rings. The predicted molar refractivity (Wildman–Crippen MR) is 32.9 cm³/mol. The summed E-state index contributed by atoms with van der Waals surface area (Å²) in [5, 5.41) is 8.96. The number of carbonyl (C=O) groups is 1. The Hall–Kier alpha value is -0.650. The van der Waals surface area contributed by atoms with Gasteiger partial charge in [-0.2, -0.15) is 0 Å². The Kier molecular flexibility index (Phi) is 1.89. The zero-order valence-electron chi connectivity index (χ0n) is 5.36. The summed E-state index contributed by atoms with van der Waals surface area (Å²) < 4.78 is 4.73. The fourth-order valence-electron chi connectivity index (χ4n) is 0.779. The molecule has 0 aromatic heterocycles. The number of amides is 1. The summed E-state index contributed by atoms with van der Waals surface area (Å²) in [4.78, 5) is 10.3. The van der Waals surface area contributed by atoms with Crippen LogP contribution in [0.15, 0.2) is 0 Å². The third-order valence-corrected chi connectivity index (χ3v) is 1.43. The van der Waals surface area contributed by atoms with Crippen LogP contribution in [0.25, 0.3) is 0 Å². The molecule has 1 amide bonds. The van der Waals surface area contributed by atoms with Gasteiger partial charge >= 0.3 is 0 Å². The minimum Gasteiger partial charge on any atom is -0.389 e. The van der Waals surface area contributed by atoms with Crippen LogP contribution in [0.3, 0.4) is 0 Å². The topological polar surface area (TPSA) is 102 Å². The summed E-state index contributed by atoms with van der Waals surface area (Å²) in [7, 11) is 0. The lowest BCUT2D eigenvalue weighted by Gasteiger charge is -1.99. The van der Waals surface area contributed by atoms with Gasteiger partial charge in [-0.15, -0.1) is 0 Å². The molecule has 0 aliphatic carbocycles. The predicted octanol–water partition coefficient (Wildman–Crippen LogP) is -2.44. The van der Waals surface area contributed by atoms with Gasteiger partial charge < -0.3 is 21.3 Å². The lowest BCUT2D eigenvalue weighted by atomic mass is 10.2. The number of epoxide rings is 1. The maximum absolute atomic E-state index is 10.3. The second-order valence-corrected chi connectivity index (χ2v) is 2.23. The zero-order valence-corrected chi connectivity index (χ0v) is 5.36. The first-order valence-corrected chi connectivity index (χ1v) is 2.99. The molecule has 3 atom stereocenters. The van der Waals surface area contributed by atoms with Gasteiger partial charge in [0.25, 0.3) is 0 Å². The minimum atomic E-state index is -0.766. The molecule has 5 N–H and O–H groups in total. The van der Waals surface area contributed by atoms with Gasteiger partial charge in [0, 0.05) is 6.54 Å². The first-order chi connectivity index (χ1) is 4.66. The van der Waals surface area contributed by atoms with Crippen LogP contribution in [0.5, 0.6) is 0 Å². The largest absolute Gasteiger partial charge is 0.389 e. The second kappa shape index (κ2) is 2.53. The van der Waals surface area contributed by atoms with Gasteiger partial charge in [-0.1, -0.05) is 0 Å². The van der Waals surface area contributed by atoms with Gasteiger partial charge in [-0.3, -0.25) is 4.79 Å². The number of hydrogen-bond donors (Lipinski definition) is 3. The summed E-state index contributed by atoms with van der Waals surface area (Å²) >= 11 is 0. The van der Waals surface area contributed by atoms with Gasteiger partial charge in [-0.25, -0.2) is 0 Å². The van der Waals surface area contributed by atoms with Gasteiger partial charge in [-0.05, 0) is 0 Å². The quantitative estimate of drug-likeness (QED) is 0.385. The van der Waals surface area contributed by atoms with Crippen LogP contribution in [-0.2, 0) is 9.53 Å². The van der Waals surface area contributed by atoms with Crippen molar-refractivity contribution in [3.8, 4) is 0 Å². The summed E-state index contributed by atoms with van der Waals surface area (Å²) in [6.45, 7) is 0.0917. The fraction of sp³-hybridized carbons (Fsp3) is 0.800. The average molecular weight is 146 g/mol. The summed E-state index contributed by atoms with van der Waals surface area (Å²) in [5.41, 5.74) is 9.96. The number of aliphatic hydroxyl groups is 1. The van der Waals surface area contributed by atoms with E-state index in [1.165, 1.54) is 0 Å². The highest BCUT2D eigenvalue weighted by Gasteiger charge is 2.47. The van der Waals surface area contributed by atoms with Crippen LogP contribution in [0.2, 0.25) is 0 Å². The molecule has 1 saturated heterocycles. The van der Waals surface area contributed by atoms with E-state index in [1.54, 1.807) is 0 Å². The maximum atomic E-state index is 10.3. The van der Waals surface area contributed by atoms with Crippen LogP contribution in [0.1, 0.15) is 0 Å². The van der Waals surface area contributed by atoms with Crippen molar-refractivity contribution in [3.05, 3.63) is 0 Å². The lowest BCUT2D eigenvalue weighted by Crippen LogP contribution is -2.30. The Balaban J connectivity index is 2.31. The Morgan fingerprint density at radius 2 is 2.40 bits per heavy atom. The van der Waals surface area contributed by atoms with Crippen LogP contribution in [0.4, 0.5) is 0 Å². The van der Waals surface area contributed by atoms with Crippen LogP contribution < -0.4 is 11.5 Å². The smallest absolute Gasteiger partial charge is 0.249 e. The van der Waals surface area contributed by atoms with Gasteiger partial charge in [0.05, 0.1) is 6.10 Å². The molecule has 5 heteroatoms. The molecule has 0 aromatic carbocycles. The van der Waals surface area contributed by atoms with Crippen LogP contribution >= 0.6 is 0 Å². The van der Waals surface area contributed by atoms with E-state index in [9.17, 15) is 4.79 Å². The molecule has 0 saturated carbocycles. The SMILES string of the molecule is NC[C@@H](O)[C@H]1O[C@H]1C(N)=O. The normalized spacial score (nSPS) is 33.4. The number of hydrogen-bond acceptors (Lipinski definition) is 4. The van der Waals surface area contributed by atoms with Crippen molar-refractivity contribution < 1.29 is 14.6 Å². The average Bonchev–Trinajstić information content (AvgIpc) is 2.64. The molecule has 5 nitrogen and oxygen atoms in total. The van der Waals surface area contributed by atoms with Crippen molar-refractivity contribution in [2.45, 2.75) is 18.3 Å². The van der Waals surface area contributed by atoms with Gasteiger partial charge in [0.15, 0.2) is 6.10 Å². The van der Waals surface area contributed by atoms with E-state index >= 15 is 0 Å². The van der Waals surface area contributed by atoms with Crippen molar-refractivity contribution in [3.63, 3.8) is 0 Å². The number of carbonyl (C=O) groups excluding carboxylic acids is 1. The molecule has 0 bridgehead atoms. The standard InChI is InChI=1S/C5H10N2O3/c6-1-2(8)3-4(10-3)5(7)9/h2-4,8H,1,6H2,(H2,7,9)/t2-,3-,4-/m1/s1. The Morgan fingerprint density at radius 1 is 1.80 bits per heavy atom. The first-order valence-electron chi connectivity index (χ1n) is 2.99. The van der Waals surface area contributed by atoms with E-state index in [2.05, 4.69) is 0 Å². The first kappa shape index (κ1) is 7.46. The van der Waals surface area contributed by atoms with E-state index in [0.717, 1.165) is 0 Å². The van der Waals surface area contributed by atoms with Gasteiger partial charge in [0.1, 0.15) is 6.10 Å². The summed E-state index contributed by atoms with van der Waals surface area (Å²) in [6, 6.07) is 0. The number of ether oxygens (including phenoxy) is 1. The second-order valence-electron chi connectivity index (χ2n) is 2.23. The third kappa shape index (κ3) is 1.26. The zero-order chi connectivity index (χ0) is 7.72. The molecular weight excluding hydrogens is 136 g/mol. The van der Waals surface area contributed by atoms with Crippen molar-refractivity contribution in [2.24, 2.45) is 11.5 Å². The molecule has 1 aliphatic rings. The van der Waals surface area contributed by atoms with Gasteiger partial charge in [0.2, 0.25) is 5.91 Å². The molecule has 0 radical (unpaired) electrons. The van der Waals surface area contributed by atoms with E-state index < -0.39 is 24.2 Å². The Labute approximate surface area is 57.9 Å². The highest BCUT2D eigenvalue weighted by atomic mass is 16.6. The Morgan fingerprint density at radius 3 is 2.70 bits per heavy atom. The lowest BCUT2D eigenvalue weighted by molar-refractivity contribution is -0.119. The third-order valence-electron chi connectivity index (χ3n) is 1.43. The fourth-order valence-corrected chi connectivity index (χ4v) is 0.779. The van der Waals surface area contributed by atoms with E-state index in [4.69, 9.17) is 21.3 Å². The summed E-state index contributed by atoms with van der Waals surface area (Å²) in [5.74, 6) is -0.544. The van der Waals surface area contributed by atoms with Crippen molar-refractivity contribution in [1.29, 1.82) is 0 Å². The molecule has 0 spiro atoms. The summed E-state index contributed by atoms with van der Waals surface area (Å²) in [6.07, 6.45) is -1.86. The molecule has 58 valence electrons. The monoisotopic (exact) mass is 146 g/mol. The minimum absolute atomic E-state index is 0.0917. The van der Waals surface area contributed by atoms with E-state index in [1.807, 2.05) is 0 Å². The van der Waals surface area contributed by atoms with Crippen LogP contribution in [0, 0.1) is 0 Å². The molecule has 1 rings (SSSR count). The number of rotatable bonds is 3. The van der Waals surface area contributed by atoms with Crippen molar-refractivity contribution >= 4 is 5.91 Å². The van der Waals surface area contributed by atoms with Crippen LogP contribution in [-0.4, -0.2) is 35.9 Å².